The molecule has 1 aromatic rings. The van der Waals surface area contributed by atoms with Gasteiger partial charge in [-0.3, -0.25) is 4.79 Å². The molecule has 22 heavy (non-hydrogen) atoms. The van der Waals surface area contributed by atoms with Crippen molar-refractivity contribution in [3.8, 4) is 0 Å². The average molecular weight is 346 g/mol. The van der Waals surface area contributed by atoms with Crippen molar-refractivity contribution in [2.45, 2.75) is 25.2 Å². The van der Waals surface area contributed by atoms with E-state index in [-0.39, 0.29) is 16.3 Å². The van der Waals surface area contributed by atoms with E-state index in [1.807, 2.05) is 6.92 Å². The van der Waals surface area contributed by atoms with Crippen LogP contribution in [-0.4, -0.2) is 35.0 Å². The van der Waals surface area contributed by atoms with Gasteiger partial charge >= 0.3 is 0 Å². The molecule has 9 heteroatoms. The lowest BCUT2D eigenvalue weighted by atomic mass is 10.2. The highest BCUT2D eigenvalue weighted by Gasteiger charge is 2.41. The van der Waals surface area contributed by atoms with Gasteiger partial charge in [0.2, 0.25) is 26.0 Å². The number of carbonyl (C=O) groups excluding carboxylic acids is 1. The lowest BCUT2D eigenvalue weighted by Gasteiger charge is -2.15. The smallest absolute Gasteiger partial charge is 0.244 e. The molecule has 1 atom stereocenters. The van der Waals surface area contributed by atoms with E-state index >= 15 is 0 Å². The van der Waals surface area contributed by atoms with E-state index in [1.54, 1.807) is 6.92 Å². The summed E-state index contributed by atoms with van der Waals surface area (Å²) in [5.74, 6) is -1.33. The van der Waals surface area contributed by atoms with Gasteiger partial charge in [0, 0.05) is 6.54 Å². The highest BCUT2D eigenvalue weighted by Crippen LogP contribution is 2.28. The minimum Gasteiger partial charge on any atom is -0.273 e. The fourth-order valence-corrected chi connectivity index (χ4v) is 5.12. The molecule has 1 heterocycles. The summed E-state index contributed by atoms with van der Waals surface area (Å²) in [6.07, 6.45) is 0.662. The summed E-state index contributed by atoms with van der Waals surface area (Å²) in [4.78, 5) is 12.0. The van der Waals surface area contributed by atoms with Crippen LogP contribution in [0.15, 0.2) is 29.2 Å². The molecule has 1 N–H and O–H groups in total. The first kappa shape index (κ1) is 16.9. The summed E-state index contributed by atoms with van der Waals surface area (Å²) < 4.78 is 51.0. The predicted octanol–water partition coefficient (Wildman–Crippen LogP) is 0.687. The maximum Gasteiger partial charge on any atom is 0.244 e. The minimum atomic E-state index is -3.68. The summed E-state index contributed by atoms with van der Waals surface area (Å²) in [5.41, 5.74) is 0.156. The van der Waals surface area contributed by atoms with E-state index in [4.69, 9.17) is 0 Å². The van der Waals surface area contributed by atoms with Crippen LogP contribution in [0.25, 0.3) is 0 Å². The van der Waals surface area contributed by atoms with Crippen LogP contribution < -0.4 is 9.03 Å². The van der Waals surface area contributed by atoms with Gasteiger partial charge in [0.05, 0.1) is 22.3 Å². The van der Waals surface area contributed by atoms with Gasteiger partial charge in [-0.15, -0.1) is 0 Å². The zero-order chi connectivity index (χ0) is 16.5. The summed E-state index contributed by atoms with van der Waals surface area (Å²) in [6, 6.07) is 5.24. The topological polar surface area (TPSA) is 101 Å². The second-order valence-electron chi connectivity index (χ2n) is 5.17. The maximum absolute atomic E-state index is 12.0. The Bertz CT molecular complexity index is 769. The largest absolute Gasteiger partial charge is 0.273 e. The van der Waals surface area contributed by atoms with Crippen LogP contribution in [0.5, 0.6) is 0 Å². The van der Waals surface area contributed by atoms with E-state index in [0.29, 0.717) is 13.0 Å². The minimum absolute atomic E-state index is 0.0294. The molecule has 0 radical (unpaired) electrons. The van der Waals surface area contributed by atoms with Crippen molar-refractivity contribution in [1.82, 2.24) is 4.72 Å². The van der Waals surface area contributed by atoms with Crippen molar-refractivity contribution in [3.05, 3.63) is 24.3 Å². The summed E-state index contributed by atoms with van der Waals surface area (Å²) >= 11 is 0. The zero-order valence-corrected chi connectivity index (χ0v) is 13.9. The monoisotopic (exact) mass is 346 g/mol. The van der Waals surface area contributed by atoms with E-state index in [0.717, 1.165) is 4.31 Å². The Morgan fingerprint density at radius 1 is 1.27 bits per heavy atom. The average Bonchev–Trinajstić information content (AvgIpc) is 2.65. The standard InChI is InChI=1S/C13H18N2O5S2/c1-3-8-14-22(19,20)12-6-4-11(5-7-12)15-13(16)10(2)9-21(15,17)18/h4-7,10,14H,3,8-9H2,1-2H3/t10-/m0/s1. The number of rotatable bonds is 5. The number of carbonyl (C=O) groups is 1. The molecular weight excluding hydrogens is 328 g/mol. The van der Waals surface area contributed by atoms with Gasteiger partial charge in [-0.05, 0) is 30.7 Å². The molecule has 1 aliphatic rings. The van der Waals surface area contributed by atoms with Gasteiger partial charge in [-0.25, -0.2) is 25.9 Å². The number of nitrogens with one attached hydrogen (secondary N) is 1. The summed E-state index contributed by atoms with van der Waals surface area (Å²) in [6.45, 7) is 3.71. The molecule has 0 unspecified atom stereocenters. The van der Waals surface area contributed by atoms with Crippen molar-refractivity contribution in [1.29, 1.82) is 0 Å². The normalized spacial score (nSPS) is 21.3. The molecule has 2 rings (SSSR count). The van der Waals surface area contributed by atoms with Crippen LogP contribution in [0.2, 0.25) is 0 Å². The van der Waals surface area contributed by atoms with Crippen molar-refractivity contribution in [2.24, 2.45) is 5.92 Å². The van der Waals surface area contributed by atoms with Gasteiger partial charge in [0.1, 0.15) is 0 Å². The van der Waals surface area contributed by atoms with E-state index < -0.39 is 31.9 Å². The molecule has 1 aromatic carbocycles. The summed E-state index contributed by atoms with van der Waals surface area (Å²) in [7, 11) is -7.30. The van der Waals surface area contributed by atoms with Crippen molar-refractivity contribution < 1.29 is 21.6 Å². The van der Waals surface area contributed by atoms with Crippen molar-refractivity contribution in [2.75, 3.05) is 16.6 Å². The van der Waals surface area contributed by atoms with E-state index in [1.165, 1.54) is 24.3 Å². The quantitative estimate of drug-likeness (QED) is 0.845. The second kappa shape index (κ2) is 5.98. The highest BCUT2D eigenvalue weighted by molar-refractivity contribution is 7.94. The number of hydrogen-bond donors (Lipinski definition) is 1. The molecule has 1 amide bonds. The van der Waals surface area contributed by atoms with E-state index in [9.17, 15) is 21.6 Å². The molecule has 122 valence electrons. The molecule has 0 aromatic heterocycles. The molecule has 0 bridgehead atoms. The Morgan fingerprint density at radius 3 is 2.32 bits per heavy atom. The lowest BCUT2D eigenvalue weighted by molar-refractivity contribution is -0.119. The third kappa shape index (κ3) is 3.16. The number of anilines is 1. The number of amides is 1. The van der Waals surface area contributed by atoms with Crippen LogP contribution in [0.4, 0.5) is 5.69 Å². The van der Waals surface area contributed by atoms with E-state index in [2.05, 4.69) is 4.72 Å². The first-order valence-electron chi connectivity index (χ1n) is 6.85. The van der Waals surface area contributed by atoms with Gasteiger partial charge in [0.25, 0.3) is 0 Å². The first-order valence-corrected chi connectivity index (χ1v) is 9.95. The fourth-order valence-electron chi connectivity index (χ4n) is 2.17. The second-order valence-corrected chi connectivity index (χ2v) is 8.80. The van der Waals surface area contributed by atoms with Crippen LogP contribution in [-0.2, 0) is 24.8 Å². The van der Waals surface area contributed by atoms with Gasteiger partial charge in [0.15, 0.2) is 0 Å². The molecule has 0 saturated carbocycles. The maximum atomic E-state index is 12.0. The van der Waals surface area contributed by atoms with Crippen molar-refractivity contribution >= 4 is 31.6 Å². The molecule has 1 aliphatic heterocycles. The molecular formula is C13H18N2O5S2. The van der Waals surface area contributed by atoms with Gasteiger partial charge in [-0.1, -0.05) is 13.8 Å². The SMILES string of the molecule is CCCNS(=O)(=O)c1ccc(N2C(=O)[C@@H](C)CS2(=O)=O)cc1. The van der Waals surface area contributed by atoms with Crippen molar-refractivity contribution in [3.63, 3.8) is 0 Å². The van der Waals surface area contributed by atoms with Crippen LogP contribution in [0.3, 0.4) is 0 Å². The van der Waals surface area contributed by atoms with Crippen LogP contribution >= 0.6 is 0 Å². The molecule has 0 spiro atoms. The number of benzene rings is 1. The molecule has 0 aliphatic carbocycles. The number of hydrogen-bond acceptors (Lipinski definition) is 5. The molecule has 1 fully saturated rings. The summed E-state index contributed by atoms with van der Waals surface area (Å²) in [5, 5.41) is 0. The van der Waals surface area contributed by atoms with Gasteiger partial charge < -0.3 is 0 Å². The Balaban J connectivity index is 2.32. The number of sulfonamides is 2. The van der Waals surface area contributed by atoms with Crippen LogP contribution in [0.1, 0.15) is 20.3 Å². The Morgan fingerprint density at radius 2 is 1.86 bits per heavy atom. The fraction of sp³-hybridized carbons (Fsp3) is 0.462. The Kier molecular flexibility index (Phi) is 4.59. The molecule has 7 nitrogen and oxygen atoms in total. The molecule has 1 saturated heterocycles. The van der Waals surface area contributed by atoms with Gasteiger partial charge in [-0.2, -0.15) is 0 Å². The predicted molar refractivity (Wildman–Crippen MR) is 82.4 cm³/mol. The Hall–Kier alpha value is -1.45. The first-order chi connectivity index (χ1) is 10.2. The number of nitrogens with zero attached hydrogens (tertiary/aromatic N) is 1. The van der Waals surface area contributed by atoms with Crippen LogP contribution in [0, 0.1) is 5.92 Å². The third-order valence-corrected chi connectivity index (χ3v) is 6.63. The Labute approximate surface area is 130 Å². The highest BCUT2D eigenvalue weighted by atomic mass is 32.2. The third-order valence-electron chi connectivity index (χ3n) is 3.28. The zero-order valence-electron chi connectivity index (χ0n) is 12.3. The lowest BCUT2D eigenvalue weighted by Crippen LogP contribution is -2.30.